The highest BCUT2D eigenvalue weighted by Gasteiger charge is 2.23. The number of halogens is 1. The second-order valence-electron chi connectivity index (χ2n) is 4.76. The van der Waals surface area contributed by atoms with Crippen LogP contribution in [0.3, 0.4) is 0 Å². The van der Waals surface area contributed by atoms with E-state index in [1.54, 1.807) is 36.2 Å². The molecule has 1 atom stereocenters. The van der Waals surface area contributed by atoms with Crippen molar-refractivity contribution < 1.29 is 9.18 Å². The SMILES string of the molecule is O=C(NC1CCSc2ccc(F)cc21)c1ccc[nH]c1=S. The predicted octanol–water partition coefficient (Wildman–Crippen LogP) is 3.85. The molecule has 108 valence electrons. The molecule has 3 nitrogen and oxygen atoms in total. The topological polar surface area (TPSA) is 44.9 Å². The molecule has 0 saturated carbocycles. The van der Waals surface area contributed by atoms with Crippen molar-refractivity contribution in [2.24, 2.45) is 0 Å². The van der Waals surface area contributed by atoms with Crippen LogP contribution in [0.25, 0.3) is 0 Å². The summed E-state index contributed by atoms with van der Waals surface area (Å²) in [6.45, 7) is 0. The van der Waals surface area contributed by atoms with Crippen LogP contribution in [-0.4, -0.2) is 16.6 Å². The van der Waals surface area contributed by atoms with Gasteiger partial charge in [0.1, 0.15) is 10.5 Å². The van der Waals surface area contributed by atoms with E-state index in [0.29, 0.717) is 10.2 Å². The zero-order valence-corrected chi connectivity index (χ0v) is 12.7. The van der Waals surface area contributed by atoms with Gasteiger partial charge in [0.2, 0.25) is 0 Å². The molecule has 1 aromatic heterocycles. The number of aromatic amines is 1. The Morgan fingerprint density at radius 1 is 1.43 bits per heavy atom. The quantitative estimate of drug-likeness (QED) is 0.826. The first-order chi connectivity index (χ1) is 10.1. The summed E-state index contributed by atoms with van der Waals surface area (Å²) in [6, 6.07) is 7.94. The van der Waals surface area contributed by atoms with Crippen LogP contribution in [0, 0.1) is 10.5 Å². The molecule has 0 bridgehead atoms. The van der Waals surface area contributed by atoms with Crippen molar-refractivity contribution in [3.05, 3.63) is 58.1 Å². The molecule has 0 radical (unpaired) electrons. The van der Waals surface area contributed by atoms with Crippen LogP contribution in [0.15, 0.2) is 41.4 Å². The van der Waals surface area contributed by atoms with Gasteiger partial charge < -0.3 is 10.3 Å². The molecule has 0 saturated heterocycles. The van der Waals surface area contributed by atoms with Gasteiger partial charge >= 0.3 is 0 Å². The number of H-pyrrole nitrogens is 1. The fourth-order valence-corrected chi connectivity index (χ4v) is 3.69. The van der Waals surface area contributed by atoms with Gasteiger partial charge in [0.05, 0.1) is 11.6 Å². The fraction of sp³-hybridized carbons (Fsp3) is 0.200. The Kier molecular flexibility index (Phi) is 4.07. The average molecular weight is 320 g/mol. The highest BCUT2D eigenvalue weighted by atomic mass is 32.2. The van der Waals surface area contributed by atoms with Crippen LogP contribution in [0.1, 0.15) is 28.4 Å². The molecule has 0 aliphatic carbocycles. The van der Waals surface area contributed by atoms with Gasteiger partial charge in [-0.15, -0.1) is 11.8 Å². The van der Waals surface area contributed by atoms with E-state index < -0.39 is 0 Å². The molecule has 1 aliphatic rings. The van der Waals surface area contributed by atoms with Gasteiger partial charge in [-0.2, -0.15) is 0 Å². The molecular weight excluding hydrogens is 307 g/mol. The van der Waals surface area contributed by atoms with Gasteiger partial charge in [-0.1, -0.05) is 12.2 Å². The predicted molar refractivity (Wildman–Crippen MR) is 83.6 cm³/mol. The van der Waals surface area contributed by atoms with Gasteiger partial charge in [-0.25, -0.2) is 4.39 Å². The van der Waals surface area contributed by atoms with Crippen LogP contribution >= 0.6 is 24.0 Å². The second kappa shape index (κ2) is 5.99. The summed E-state index contributed by atoms with van der Waals surface area (Å²) in [5, 5.41) is 2.95. The molecule has 3 rings (SSSR count). The van der Waals surface area contributed by atoms with Crippen molar-refractivity contribution in [1.82, 2.24) is 10.3 Å². The minimum Gasteiger partial charge on any atom is -0.352 e. The maximum atomic E-state index is 13.4. The summed E-state index contributed by atoms with van der Waals surface area (Å²) in [5.74, 6) is 0.377. The van der Waals surface area contributed by atoms with Crippen LogP contribution in [0.2, 0.25) is 0 Å². The number of carbonyl (C=O) groups is 1. The maximum absolute atomic E-state index is 13.4. The lowest BCUT2D eigenvalue weighted by Crippen LogP contribution is -2.31. The Bertz CT molecular complexity index is 744. The first kappa shape index (κ1) is 14.3. The van der Waals surface area contributed by atoms with E-state index in [2.05, 4.69) is 10.3 Å². The molecular formula is C15H13FN2OS2. The number of rotatable bonds is 2. The second-order valence-corrected chi connectivity index (χ2v) is 6.30. The molecule has 1 aromatic carbocycles. The molecule has 21 heavy (non-hydrogen) atoms. The lowest BCUT2D eigenvalue weighted by atomic mass is 10.0. The Balaban J connectivity index is 1.87. The number of aromatic nitrogens is 1. The Hall–Kier alpha value is -1.66. The third-order valence-corrected chi connectivity index (χ3v) is 4.84. The molecule has 2 aromatic rings. The van der Waals surface area contributed by atoms with E-state index >= 15 is 0 Å². The third-order valence-electron chi connectivity index (χ3n) is 3.38. The summed E-state index contributed by atoms with van der Waals surface area (Å²) < 4.78 is 13.9. The highest BCUT2D eigenvalue weighted by molar-refractivity contribution is 7.99. The van der Waals surface area contributed by atoms with E-state index in [9.17, 15) is 9.18 Å². The lowest BCUT2D eigenvalue weighted by molar-refractivity contribution is 0.0934. The van der Waals surface area contributed by atoms with E-state index in [1.807, 2.05) is 0 Å². The molecule has 0 fully saturated rings. The molecule has 0 spiro atoms. The van der Waals surface area contributed by atoms with E-state index in [0.717, 1.165) is 22.6 Å². The first-order valence-corrected chi connectivity index (χ1v) is 7.95. The fourth-order valence-electron chi connectivity index (χ4n) is 2.35. The first-order valence-electron chi connectivity index (χ1n) is 6.56. The zero-order valence-electron chi connectivity index (χ0n) is 11.1. The molecule has 1 amide bonds. The minimum absolute atomic E-state index is 0.181. The van der Waals surface area contributed by atoms with Crippen molar-refractivity contribution in [2.45, 2.75) is 17.4 Å². The normalized spacial score (nSPS) is 17.1. The number of hydrogen-bond acceptors (Lipinski definition) is 3. The van der Waals surface area contributed by atoms with Crippen molar-refractivity contribution in [2.75, 3.05) is 5.75 Å². The minimum atomic E-state index is -0.285. The molecule has 2 N–H and O–H groups in total. The van der Waals surface area contributed by atoms with Crippen LogP contribution in [0.4, 0.5) is 4.39 Å². The van der Waals surface area contributed by atoms with Crippen molar-refractivity contribution in [3.63, 3.8) is 0 Å². The molecule has 6 heteroatoms. The van der Waals surface area contributed by atoms with Crippen molar-refractivity contribution in [3.8, 4) is 0 Å². The largest absolute Gasteiger partial charge is 0.352 e. The standard InChI is InChI=1S/C15H13FN2OS2/c16-9-3-4-13-11(8-9)12(5-7-21-13)18-14(19)10-2-1-6-17-15(10)20/h1-4,6,8,12H,5,7H2,(H,17,20)(H,18,19). The Labute approximate surface area is 131 Å². The summed E-state index contributed by atoms with van der Waals surface area (Å²) in [4.78, 5) is 16.2. The van der Waals surface area contributed by atoms with E-state index in [-0.39, 0.29) is 17.8 Å². The number of hydrogen-bond donors (Lipinski definition) is 2. The van der Waals surface area contributed by atoms with Crippen LogP contribution in [-0.2, 0) is 0 Å². The van der Waals surface area contributed by atoms with Crippen LogP contribution in [0.5, 0.6) is 0 Å². The zero-order chi connectivity index (χ0) is 14.8. The molecule has 2 heterocycles. The summed E-state index contributed by atoms with van der Waals surface area (Å²) in [5.41, 5.74) is 1.27. The van der Waals surface area contributed by atoms with Gasteiger partial charge in [-0.05, 0) is 42.3 Å². The average Bonchev–Trinajstić information content (AvgIpc) is 2.48. The number of thioether (sulfide) groups is 1. The number of fused-ring (bicyclic) bond motifs is 1. The summed E-state index contributed by atoms with van der Waals surface area (Å²) in [7, 11) is 0. The molecule has 1 aliphatic heterocycles. The number of carbonyl (C=O) groups excluding carboxylic acids is 1. The number of nitrogens with one attached hydrogen (secondary N) is 2. The van der Waals surface area contributed by atoms with Gasteiger partial charge in [0.25, 0.3) is 5.91 Å². The highest BCUT2D eigenvalue weighted by Crippen LogP contribution is 2.36. The van der Waals surface area contributed by atoms with Crippen LogP contribution < -0.4 is 5.32 Å². The smallest absolute Gasteiger partial charge is 0.254 e. The van der Waals surface area contributed by atoms with Crippen molar-refractivity contribution >= 4 is 29.9 Å². The Morgan fingerprint density at radius 3 is 3.10 bits per heavy atom. The summed E-state index contributed by atoms with van der Waals surface area (Å²) in [6.07, 6.45) is 2.46. The monoisotopic (exact) mass is 320 g/mol. The van der Waals surface area contributed by atoms with Gasteiger partial charge in [0.15, 0.2) is 0 Å². The number of benzene rings is 1. The molecule has 1 unspecified atom stereocenters. The van der Waals surface area contributed by atoms with E-state index in [1.165, 1.54) is 12.1 Å². The number of amides is 1. The maximum Gasteiger partial charge on any atom is 0.254 e. The van der Waals surface area contributed by atoms with E-state index in [4.69, 9.17) is 12.2 Å². The summed E-state index contributed by atoms with van der Waals surface area (Å²) >= 11 is 6.80. The third kappa shape index (κ3) is 3.01. The number of pyridine rings is 1. The van der Waals surface area contributed by atoms with Gasteiger partial charge in [-0.3, -0.25) is 4.79 Å². The Morgan fingerprint density at radius 2 is 2.29 bits per heavy atom. The lowest BCUT2D eigenvalue weighted by Gasteiger charge is -2.26. The van der Waals surface area contributed by atoms with Crippen molar-refractivity contribution in [1.29, 1.82) is 0 Å². The van der Waals surface area contributed by atoms with Gasteiger partial charge in [0, 0.05) is 16.8 Å².